The molecule has 88 valence electrons. The average molecular weight is 271 g/mol. The van der Waals surface area contributed by atoms with Crippen molar-refractivity contribution >= 4 is 34.1 Å². The molecule has 0 saturated heterocycles. The van der Waals surface area contributed by atoms with Gasteiger partial charge >= 0.3 is 0 Å². The van der Waals surface area contributed by atoms with Gasteiger partial charge in [-0.05, 0) is 35.0 Å². The molecule has 18 heavy (non-hydrogen) atoms. The van der Waals surface area contributed by atoms with Gasteiger partial charge < -0.3 is 0 Å². The lowest BCUT2D eigenvalue weighted by Crippen LogP contribution is -1.77. The van der Waals surface area contributed by atoms with Crippen molar-refractivity contribution in [2.75, 3.05) is 0 Å². The van der Waals surface area contributed by atoms with Crippen LogP contribution in [0.1, 0.15) is 0 Å². The van der Waals surface area contributed by atoms with Gasteiger partial charge in [-0.1, -0.05) is 65.8 Å². The highest BCUT2D eigenvalue weighted by atomic mass is 35.5. The van der Waals surface area contributed by atoms with E-state index in [0.717, 1.165) is 9.92 Å². The maximum atomic E-state index is 6.17. The van der Waals surface area contributed by atoms with E-state index in [4.69, 9.17) is 11.6 Å². The molecule has 0 heterocycles. The molecule has 0 aromatic heterocycles. The van der Waals surface area contributed by atoms with E-state index in [9.17, 15) is 0 Å². The van der Waals surface area contributed by atoms with E-state index in [2.05, 4.69) is 42.5 Å². The summed E-state index contributed by atoms with van der Waals surface area (Å²) in [5, 5.41) is 3.33. The Labute approximate surface area is 116 Å². The van der Waals surface area contributed by atoms with Gasteiger partial charge in [-0.15, -0.1) is 0 Å². The van der Waals surface area contributed by atoms with Crippen LogP contribution in [0.4, 0.5) is 0 Å². The number of hydrogen-bond acceptors (Lipinski definition) is 1. The van der Waals surface area contributed by atoms with E-state index in [1.54, 1.807) is 11.8 Å². The lowest BCUT2D eigenvalue weighted by molar-refractivity contribution is 1.42. The second kappa shape index (κ2) is 5.05. The Kier molecular flexibility index (Phi) is 3.26. The highest BCUT2D eigenvalue weighted by Gasteiger charge is 2.02. The first-order chi connectivity index (χ1) is 8.83. The summed E-state index contributed by atoms with van der Waals surface area (Å²) >= 11 is 7.87. The summed E-state index contributed by atoms with van der Waals surface area (Å²) in [6, 6.07) is 22.8. The fourth-order valence-corrected chi connectivity index (χ4v) is 3.02. The van der Waals surface area contributed by atoms with E-state index in [1.807, 2.05) is 24.3 Å². The van der Waals surface area contributed by atoms with Crippen LogP contribution in [0.15, 0.2) is 76.5 Å². The number of halogens is 1. The topological polar surface area (TPSA) is 0 Å². The molecule has 0 N–H and O–H groups in total. The molecule has 0 atom stereocenters. The van der Waals surface area contributed by atoms with Crippen LogP contribution in [0.25, 0.3) is 10.8 Å². The van der Waals surface area contributed by atoms with Crippen molar-refractivity contribution in [3.05, 3.63) is 71.8 Å². The Morgan fingerprint density at radius 2 is 1.44 bits per heavy atom. The van der Waals surface area contributed by atoms with Crippen molar-refractivity contribution in [1.82, 2.24) is 0 Å². The molecule has 0 saturated carbocycles. The summed E-state index contributed by atoms with van der Waals surface area (Å²) < 4.78 is 0. The summed E-state index contributed by atoms with van der Waals surface area (Å²) in [7, 11) is 0. The zero-order valence-electron chi connectivity index (χ0n) is 9.64. The van der Waals surface area contributed by atoms with Crippen LogP contribution in [0.5, 0.6) is 0 Å². The molecule has 0 bridgehead atoms. The standard InChI is InChI=1S/C16H11ClS/c17-15-7-3-4-8-16(15)18-14-10-9-12-5-1-2-6-13(12)11-14/h1-11H. The van der Waals surface area contributed by atoms with E-state index in [1.165, 1.54) is 15.7 Å². The molecule has 0 fully saturated rings. The van der Waals surface area contributed by atoms with Crippen molar-refractivity contribution in [2.45, 2.75) is 9.79 Å². The minimum Gasteiger partial charge on any atom is -0.0885 e. The quantitative estimate of drug-likeness (QED) is 0.580. The second-order valence-electron chi connectivity index (χ2n) is 4.04. The third-order valence-electron chi connectivity index (χ3n) is 2.79. The minimum absolute atomic E-state index is 0.802. The summed E-state index contributed by atoms with van der Waals surface area (Å²) in [5.74, 6) is 0. The van der Waals surface area contributed by atoms with Crippen molar-refractivity contribution in [2.24, 2.45) is 0 Å². The largest absolute Gasteiger partial charge is 0.0885 e. The van der Waals surface area contributed by atoms with Crippen molar-refractivity contribution in [3.8, 4) is 0 Å². The molecular weight excluding hydrogens is 260 g/mol. The van der Waals surface area contributed by atoms with Gasteiger partial charge in [0.2, 0.25) is 0 Å². The molecule has 0 unspecified atom stereocenters. The van der Waals surface area contributed by atoms with Gasteiger partial charge in [0.15, 0.2) is 0 Å². The van der Waals surface area contributed by atoms with E-state index >= 15 is 0 Å². The molecule has 0 aliphatic carbocycles. The van der Waals surface area contributed by atoms with Crippen LogP contribution in [0.3, 0.4) is 0 Å². The number of rotatable bonds is 2. The Morgan fingerprint density at radius 3 is 2.28 bits per heavy atom. The SMILES string of the molecule is Clc1ccccc1Sc1ccc2ccccc2c1. The van der Waals surface area contributed by atoms with Crippen molar-refractivity contribution < 1.29 is 0 Å². The van der Waals surface area contributed by atoms with Crippen LogP contribution in [-0.4, -0.2) is 0 Å². The predicted octanol–water partition coefficient (Wildman–Crippen LogP) is 5.64. The first kappa shape index (κ1) is 11.6. The Bertz CT molecular complexity index is 691. The summed E-state index contributed by atoms with van der Waals surface area (Å²) in [5.41, 5.74) is 0. The van der Waals surface area contributed by atoms with E-state index in [-0.39, 0.29) is 0 Å². The molecule has 0 nitrogen and oxygen atoms in total. The highest BCUT2D eigenvalue weighted by Crippen LogP contribution is 2.34. The van der Waals surface area contributed by atoms with Crippen LogP contribution in [0.2, 0.25) is 5.02 Å². The number of hydrogen-bond donors (Lipinski definition) is 0. The van der Waals surface area contributed by atoms with Crippen LogP contribution in [-0.2, 0) is 0 Å². The third kappa shape index (κ3) is 2.38. The highest BCUT2D eigenvalue weighted by molar-refractivity contribution is 7.99. The third-order valence-corrected chi connectivity index (χ3v) is 4.29. The van der Waals surface area contributed by atoms with Gasteiger partial charge in [-0.25, -0.2) is 0 Å². The average Bonchev–Trinajstić information content (AvgIpc) is 2.41. The van der Waals surface area contributed by atoms with Crippen molar-refractivity contribution in [1.29, 1.82) is 0 Å². The molecule has 3 aromatic carbocycles. The van der Waals surface area contributed by atoms with Gasteiger partial charge in [0, 0.05) is 9.79 Å². The zero-order chi connectivity index (χ0) is 12.4. The van der Waals surface area contributed by atoms with Crippen LogP contribution >= 0.6 is 23.4 Å². The maximum absolute atomic E-state index is 6.17. The smallest absolute Gasteiger partial charge is 0.0545 e. The fourth-order valence-electron chi connectivity index (χ4n) is 1.89. The molecule has 3 rings (SSSR count). The predicted molar refractivity (Wildman–Crippen MR) is 79.5 cm³/mol. The first-order valence-corrected chi connectivity index (χ1v) is 6.93. The summed E-state index contributed by atoms with van der Waals surface area (Å²) in [6.45, 7) is 0. The van der Waals surface area contributed by atoms with Gasteiger partial charge in [0.05, 0.1) is 5.02 Å². The number of benzene rings is 3. The summed E-state index contributed by atoms with van der Waals surface area (Å²) in [4.78, 5) is 2.30. The fraction of sp³-hybridized carbons (Fsp3) is 0. The molecule has 0 aliphatic rings. The van der Waals surface area contributed by atoms with E-state index < -0.39 is 0 Å². The molecule has 0 radical (unpaired) electrons. The second-order valence-corrected chi connectivity index (χ2v) is 5.56. The van der Waals surface area contributed by atoms with Gasteiger partial charge in [-0.3, -0.25) is 0 Å². The molecule has 0 amide bonds. The molecule has 3 aromatic rings. The van der Waals surface area contributed by atoms with Crippen molar-refractivity contribution in [3.63, 3.8) is 0 Å². The molecule has 0 aliphatic heterocycles. The Balaban J connectivity index is 1.98. The van der Waals surface area contributed by atoms with Gasteiger partial charge in [0.1, 0.15) is 0 Å². The molecular formula is C16H11ClS. The minimum atomic E-state index is 0.802. The monoisotopic (exact) mass is 270 g/mol. The van der Waals surface area contributed by atoms with Crippen LogP contribution in [0, 0.1) is 0 Å². The Hall–Kier alpha value is -1.44. The maximum Gasteiger partial charge on any atom is 0.0545 e. The van der Waals surface area contributed by atoms with Gasteiger partial charge in [-0.2, -0.15) is 0 Å². The normalized spacial score (nSPS) is 10.7. The summed E-state index contributed by atoms with van der Waals surface area (Å²) in [6.07, 6.45) is 0. The Morgan fingerprint density at radius 1 is 0.722 bits per heavy atom. The lowest BCUT2D eigenvalue weighted by Gasteiger charge is -2.05. The lowest BCUT2D eigenvalue weighted by atomic mass is 10.1. The number of fused-ring (bicyclic) bond motifs is 1. The first-order valence-electron chi connectivity index (χ1n) is 5.74. The molecule has 0 spiro atoms. The zero-order valence-corrected chi connectivity index (χ0v) is 11.2. The van der Waals surface area contributed by atoms with E-state index in [0.29, 0.717) is 0 Å². The van der Waals surface area contributed by atoms with Gasteiger partial charge in [0.25, 0.3) is 0 Å². The van der Waals surface area contributed by atoms with Crippen LogP contribution < -0.4 is 0 Å². The molecule has 2 heteroatoms.